The summed E-state index contributed by atoms with van der Waals surface area (Å²) in [4.78, 5) is 15.4. The van der Waals surface area contributed by atoms with E-state index in [1.807, 2.05) is 30.1 Å². The maximum absolute atomic E-state index is 12.4. The molecule has 0 unspecified atom stereocenters. The van der Waals surface area contributed by atoms with Crippen LogP contribution in [0.1, 0.15) is 38.5 Å². The number of thiophene rings is 1. The van der Waals surface area contributed by atoms with Crippen LogP contribution >= 0.6 is 11.3 Å². The van der Waals surface area contributed by atoms with Crippen LogP contribution in [0.2, 0.25) is 0 Å². The summed E-state index contributed by atoms with van der Waals surface area (Å²) in [5.41, 5.74) is 2.23. The number of benzene rings is 1. The molecule has 0 aliphatic heterocycles. The summed E-state index contributed by atoms with van der Waals surface area (Å²) < 4.78 is 0. The first-order valence-electron chi connectivity index (χ1n) is 8.14. The van der Waals surface area contributed by atoms with E-state index in [0.717, 1.165) is 18.0 Å². The van der Waals surface area contributed by atoms with Crippen molar-refractivity contribution in [3.05, 3.63) is 41.8 Å². The third-order valence-electron chi connectivity index (χ3n) is 4.65. The summed E-state index contributed by atoms with van der Waals surface area (Å²) in [6, 6.07) is 12.5. The fourth-order valence-electron chi connectivity index (χ4n) is 3.19. The summed E-state index contributed by atoms with van der Waals surface area (Å²) in [5, 5.41) is 2.08. The highest BCUT2D eigenvalue weighted by atomic mass is 32.1. The summed E-state index contributed by atoms with van der Waals surface area (Å²) in [7, 11) is 1.90. The lowest BCUT2D eigenvalue weighted by Gasteiger charge is -2.16. The van der Waals surface area contributed by atoms with E-state index >= 15 is 0 Å². The quantitative estimate of drug-likeness (QED) is 0.729. The van der Waals surface area contributed by atoms with Crippen molar-refractivity contribution in [2.24, 2.45) is 5.92 Å². The maximum atomic E-state index is 12.4. The fourth-order valence-corrected chi connectivity index (χ4v) is 4.13. The Hall–Kier alpha value is -1.61. The van der Waals surface area contributed by atoms with E-state index < -0.39 is 0 Å². The number of carbonyl (C=O) groups is 1. The number of hydrogen-bond acceptors (Lipinski definition) is 2. The van der Waals surface area contributed by atoms with Crippen molar-refractivity contribution in [1.29, 1.82) is 0 Å². The van der Waals surface area contributed by atoms with Gasteiger partial charge < -0.3 is 4.90 Å². The average Bonchev–Trinajstić information content (AvgIpc) is 3.24. The SMILES string of the molecule is CN(C(=O)CCC1CCCC1)c1csc(-c2ccccc2)c1. The standard InChI is InChI=1S/C19H23NOS/c1-20(19(21)12-11-15-7-5-6-8-15)17-13-18(22-14-17)16-9-3-2-4-10-16/h2-4,9-10,13-15H,5-8,11-12H2,1H3. The first-order chi connectivity index (χ1) is 10.7. The zero-order valence-electron chi connectivity index (χ0n) is 13.1. The normalized spacial score (nSPS) is 15.1. The highest BCUT2D eigenvalue weighted by Gasteiger charge is 2.18. The third-order valence-corrected chi connectivity index (χ3v) is 5.61. The van der Waals surface area contributed by atoms with Crippen molar-refractivity contribution in [3.8, 4) is 10.4 Å². The lowest BCUT2D eigenvalue weighted by molar-refractivity contribution is -0.118. The molecule has 0 N–H and O–H groups in total. The second-order valence-electron chi connectivity index (χ2n) is 6.18. The van der Waals surface area contributed by atoms with Crippen molar-refractivity contribution in [3.63, 3.8) is 0 Å². The van der Waals surface area contributed by atoms with Gasteiger partial charge in [0, 0.05) is 23.7 Å². The molecule has 1 aliphatic rings. The van der Waals surface area contributed by atoms with Gasteiger partial charge in [-0.05, 0) is 24.0 Å². The molecule has 1 amide bonds. The number of carbonyl (C=O) groups excluding carboxylic acids is 1. The molecule has 3 rings (SSSR count). The van der Waals surface area contributed by atoms with E-state index in [9.17, 15) is 4.79 Å². The lowest BCUT2D eigenvalue weighted by Crippen LogP contribution is -2.25. The molecule has 3 heteroatoms. The predicted octanol–water partition coefficient (Wildman–Crippen LogP) is 5.35. The number of amides is 1. The molecule has 0 spiro atoms. The van der Waals surface area contributed by atoms with Crippen LogP contribution in [0.5, 0.6) is 0 Å². The van der Waals surface area contributed by atoms with E-state index in [2.05, 4.69) is 23.6 Å². The van der Waals surface area contributed by atoms with Crippen molar-refractivity contribution < 1.29 is 4.79 Å². The molecule has 1 aliphatic carbocycles. The first kappa shape index (κ1) is 15.3. The van der Waals surface area contributed by atoms with Gasteiger partial charge in [-0.1, -0.05) is 56.0 Å². The largest absolute Gasteiger partial charge is 0.315 e. The Morgan fingerprint density at radius 3 is 2.68 bits per heavy atom. The van der Waals surface area contributed by atoms with E-state index in [1.165, 1.54) is 36.1 Å². The smallest absolute Gasteiger partial charge is 0.226 e. The minimum atomic E-state index is 0.240. The lowest BCUT2D eigenvalue weighted by atomic mass is 10.0. The van der Waals surface area contributed by atoms with E-state index in [0.29, 0.717) is 6.42 Å². The van der Waals surface area contributed by atoms with Crippen molar-refractivity contribution in [1.82, 2.24) is 0 Å². The molecule has 2 aromatic rings. The highest BCUT2D eigenvalue weighted by molar-refractivity contribution is 7.14. The van der Waals surface area contributed by atoms with E-state index in [1.54, 1.807) is 11.3 Å². The molecule has 1 aromatic carbocycles. The first-order valence-corrected chi connectivity index (χ1v) is 9.02. The molecule has 0 bridgehead atoms. The van der Waals surface area contributed by atoms with Crippen LogP contribution in [0.3, 0.4) is 0 Å². The molecule has 1 aromatic heterocycles. The van der Waals surface area contributed by atoms with E-state index in [-0.39, 0.29) is 5.91 Å². The molecule has 0 radical (unpaired) electrons. The molecule has 1 fully saturated rings. The van der Waals surface area contributed by atoms with Crippen LogP contribution in [-0.2, 0) is 4.79 Å². The third kappa shape index (κ3) is 3.58. The van der Waals surface area contributed by atoms with Gasteiger partial charge >= 0.3 is 0 Å². The monoisotopic (exact) mass is 313 g/mol. The van der Waals surface area contributed by atoms with Crippen LogP contribution in [0, 0.1) is 5.92 Å². The van der Waals surface area contributed by atoms with E-state index in [4.69, 9.17) is 0 Å². The highest BCUT2D eigenvalue weighted by Crippen LogP contribution is 2.32. The average molecular weight is 313 g/mol. The van der Waals surface area contributed by atoms with Crippen LogP contribution in [0.25, 0.3) is 10.4 Å². The van der Waals surface area contributed by atoms with Gasteiger partial charge in [0.25, 0.3) is 0 Å². The Morgan fingerprint density at radius 1 is 1.23 bits per heavy atom. The predicted molar refractivity (Wildman–Crippen MR) is 94.4 cm³/mol. The van der Waals surface area contributed by atoms with Gasteiger partial charge in [-0.15, -0.1) is 11.3 Å². The number of nitrogens with zero attached hydrogens (tertiary/aromatic N) is 1. The summed E-state index contributed by atoms with van der Waals surface area (Å²) in [6.45, 7) is 0. The van der Waals surface area contributed by atoms with Gasteiger partial charge in [0.05, 0.1) is 5.69 Å². The summed E-state index contributed by atoms with van der Waals surface area (Å²) in [6.07, 6.45) is 7.05. The van der Waals surface area contributed by atoms with Crippen LogP contribution in [-0.4, -0.2) is 13.0 Å². The maximum Gasteiger partial charge on any atom is 0.226 e. The molecule has 116 valence electrons. The summed E-state index contributed by atoms with van der Waals surface area (Å²) >= 11 is 1.70. The van der Waals surface area contributed by atoms with Gasteiger partial charge in [0.1, 0.15) is 0 Å². The van der Waals surface area contributed by atoms with Crippen LogP contribution < -0.4 is 4.90 Å². The Labute approximate surface area is 136 Å². The molecule has 0 saturated heterocycles. The molecule has 1 saturated carbocycles. The Morgan fingerprint density at radius 2 is 1.95 bits per heavy atom. The van der Waals surface area contributed by atoms with Crippen LogP contribution in [0.15, 0.2) is 41.8 Å². The topological polar surface area (TPSA) is 20.3 Å². The second kappa shape index (κ2) is 7.10. The zero-order chi connectivity index (χ0) is 15.4. The van der Waals surface area contributed by atoms with Gasteiger partial charge in [-0.2, -0.15) is 0 Å². The molecule has 2 nitrogen and oxygen atoms in total. The van der Waals surface area contributed by atoms with Crippen molar-refractivity contribution >= 4 is 22.9 Å². The Bertz CT molecular complexity index is 613. The summed E-state index contributed by atoms with van der Waals surface area (Å²) in [5.74, 6) is 1.02. The molecule has 1 heterocycles. The molecule has 22 heavy (non-hydrogen) atoms. The minimum Gasteiger partial charge on any atom is -0.315 e. The fraction of sp³-hybridized carbons (Fsp3) is 0.421. The van der Waals surface area contributed by atoms with Gasteiger partial charge in [0.15, 0.2) is 0 Å². The van der Waals surface area contributed by atoms with Crippen LogP contribution in [0.4, 0.5) is 5.69 Å². The minimum absolute atomic E-state index is 0.240. The second-order valence-corrected chi connectivity index (χ2v) is 7.09. The van der Waals surface area contributed by atoms with Gasteiger partial charge in [-0.25, -0.2) is 0 Å². The Kier molecular flexibility index (Phi) is 4.94. The Balaban J connectivity index is 1.61. The number of rotatable bonds is 5. The molecular weight excluding hydrogens is 290 g/mol. The van der Waals surface area contributed by atoms with Gasteiger partial charge in [-0.3, -0.25) is 4.79 Å². The molecule has 0 atom stereocenters. The zero-order valence-corrected chi connectivity index (χ0v) is 13.9. The number of anilines is 1. The van der Waals surface area contributed by atoms with Crippen molar-refractivity contribution in [2.45, 2.75) is 38.5 Å². The van der Waals surface area contributed by atoms with Gasteiger partial charge in [0.2, 0.25) is 5.91 Å². The van der Waals surface area contributed by atoms with Crippen molar-refractivity contribution in [2.75, 3.05) is 11.9 Å². The number of hydrogen-bond donors (Lipinski definition) is 0. The molecular formula is C19H23NOS.